The van der Waals surface area contributed by atoms with Gasteiger partial charge in [-0.15, -0.1) is 0 Å². The number of aliphatic hydroxyl groups is 1. The van der Waals surface area contributed by atoms with Gasteiger partial charge in [-0.1, -0.05) is 15.9 Å². The molecule has 1 unspecified atom stereocenters. The zero-order valence-corrected chi connectivity index (χ0v) is 11.7. The highest BCUT2D eigenvalue weighted by molar-refractivity contribution is 9.10. The van der Waals surface area contributed by atoms with E-state index in [1.165, 1.54) is 11.3 Å². The molecule has 1 aliphatic heterocycles. The molecule has 0 amide bonds. The van der Waals surface area contributed by atoms with Crippen LogP contribution in [0.15, 0.2) is 22.7 Å². The molecule has 1 aromatic rings. The highest BCUT2D eigenvalue weighted by Crippen LogP contribution is 2.25. The van der Waals surface area contributed by atoms with Crippen LogP contribution in [0.25, 0.3) is 0 Å². The van der Waals surface area contributed by atoms with Crippen LogP contribution in [0.1, 0.15) is 12.0 Å². The summed E-state index contributed by atoms with van der Waals surface area (Å²) in [6.45, 7) is 5.14. The SMILES string of the molecule is Cc1cc(N2CCC(NCCO)C2)ccc1Br. The van der Waals surface area contributed by atoms with E-state index in [9.17, 15) is 0 Å². The molecule has 0 saturated carbocycles. The van der Waals surface area contributed by atoms with Crippen LogP contribution in [-0.2, 0) is 0 Å². The van der Waals surface area contributed by atoms with Crippen LogP contribution in [0.2, 0.25) is 0 Å². The first-order chi connectivity index (χ1) is 8.20. The molecule has 1 aromatic carbocycles. The third-order valence-electron chi connectivity index (χ3n) is 3.24. The van der Waals surface area contributed by atoms with Gasteiger partial charge in [-0.2, -0.15) is 0 Å². The Hall–Kier alpha value is -0.580. The van der Waals surface area contributed by atoms with Gasteiger partial charge in [0, 0.05) is 35.8 Å². The van der Waals surface area contributed by atoms with Crippen LogP contribution < -0.4 is 10.2 Å². The van der Waals surface area contributed by atoms with Crippen molar-refractivity contribution in [3.05, 3.63) is 28.2 Å². The molecule has 0 radical (unpaired) electrons. The molecule has 1 saturated heterocycles. The van der Waals surface area contributed by atoms with Crippen molar-refractivity contribution in [3.63, 3.8) is 0 Å². The zero-order valence-electron chi connectivity index (χ0n) is 10.1. The first kappa shape index (κ1) is 12.9. The Bertz CT molecular complexity index is 384. The number of hydrogen-bond acceptors (Lipinski definition) is 3. The quantitative estimate of drug-likeness (QED) is 0.891. The number of benzene rings is 1. The van der Waals surface area contributed by atoms with E-state index in [0.717, 1.165) is 24.0 Å². The molecular weight excluding hydrogens is 280 g/mol. The summed E-state index contributed by atoms with van der Waals surface area (Å²) < 4.78 is 1.16. The van der Waals surface area contributed by atoms with Gasteiger partial charge in [0.05, 0.1) is 6.61 Å². The fourth-order valence-corrected chi connectivity index (χ4v) is 2.50. The molecule has 1 heterocycles. The van der Waals surface area contributed by atoms with Crippen molar-refractivity contribution >= 4 is 21.6 Å². The third kappa shape index (κ3) is 3.21. The molecule has 94 valence electrons. The lowest BCUT2D eigenvalue weighted by Crippen LogP contribution is -2.34. The Balaban J connectivity index is 1.97. The van der Waals surface area contributed by atoms with Gasteiger partial charge in [-0.25, -0.2) is 0 Å². The van der Waals surface area contributed by atoms with Gasteiger partial charge in [0.1, 0.15) is 0 Å². The zero-order chi connectivity index (χ0) is 12.3. The lowest BCUT2D eigenvalue weighted by atomic mass is 10.2. The maximum Gasteiger partial charge on any atom is 0.0556 e. The minimum absolute atomic E-state index is 0.216. The third-order valence-corrected chi connectivity index (χ3v) is 4.13. The number of hydrogen-bond donors (Lipinski definition) is 2. The average Bonchev–Trinajstić information content (AvgIpc) is 2.79. The standard InChI is InChI=1S/C13H19BrN2O/c1-10-8-12(2-3-13(10)14)16-6-4-11(9-16)15-5-7-17/h2-3,8,11,15,17H,4-7,9H2,1H3. The summed E-state index contributed by atoms with van der Waals surface area (Å²) in [4.78, 5) is 2.40. The number of aryl methyl sites for hydroxylation is 1. The maximum absolute atomic E-state index is 8.80. The van der Waals surface area contributed by atoms with Crippen molar-refractivity contribution in [2.45, 2.75) is 19.4 Å². The Morgan fingerprint density at radius 2 is 2.35 bits per heavy atom. The topological polar surface area (TPSA) is 35.5 Å². The highest BCUT2D eigenvalue weighted by atomic mass is 79.9. The number of nitrogens with zero attached hydrogens (tertiary/aromatic N) is 1. The van der Waals surface area contributed by atoms with E-state index in [2.05, 4.69) is 51.3 Å². The van der Waals surface area contributed by atoms with E-state index in [-0.39, 0.29) is 6.61 Å². The van der Waals surface area contributed by atoms with Crippen LogP contribution in [0.3, 0.4) is 0 Å². The van der Waals surface area contributed by atoms with Crippen molar-refractivity contribution in [1.82, 2.24) is 5.32 Å². The largest absolute Gasteiger partial charge is 0.395 e. The summed E-state index contributed by atoms with van der Waals surface area (Å²) in [5.41, 5.74) is 2.56. The van der Waals surface area contributed by atoms with Crippen LogP contribution in [0.5, 0.6) is 0 Å². The van der Waals surface area contributed by atoms with Crippen molar-refractivity contribution in [3.8, 4) is 0 Å². The van der Waals surface area contributed by atoms with E-state index in [1.54, 1.807) is 0 Å². The van der Waals surface area contributed by atoms with Crippen LogP contribution in [0, 0.1) is 6.92 Å². The van der Waals surface area contributed by atoms with E-state index < -0.39 is 0 Å². The first-order valence-corrected chi connectivity index (χ1v) is 6.85. The minimum atomic E-state index is 0.216. The normalized spacial score (nSPS) is 19.9. The number of halogens is 1. The summed E-state index contributed by atoms with van der Waals surface area (Å²) in [6.07, 6.45) is 1.15. The molecule has 0 spiro atoms. The summed E-state index contributed by atoms with van der Waals surface area (Å²) in [6, 6.07) is 6.99. The first-order valence-electron chi connectivity index (χ1n) is 6.06. The highest BCUT2D eigenvalue weighted by Gasteiger charge is 2.22. The van der Waals surface area contributed by atoms with Crippen LogP contribution >= 0.6 is 15.9 Å². The molecule has 1 aliphatic rings. The molecule has 2 N–H and O–H groups in total. The number of aliphatic hydroxyl groups excluding tert-OH is 1. The maximum atomic E-state index is 8.80. The van der Waals surface area contributed by atoms with Crippen molar-refractivity contribution < 1.29 is 5.11 Å². The predicted molar refractivity (Wildman–Crippen MR) is 74.6 cm³/mol. The summed E-state index contributed by atoms with van der Waals surface area (Å²) in [5.74, 6) is 0. The second kappa shape index (κ2) is 5.85. The summed E-state index contributed by atoms with van der Waals surface area (Å²) in [5, 5.41) is 12.2. The second-order valence-electron chi connectivity index (χ2n) is 4.54. The van der Waals surface area contributed by atoms with E-state index in [4.69, 9.17) is 5.11 Å². The van der Waals surface area contributed by atoms with Gasteiger partial charge < -0.3 is 15.3 Å². The Morgan fingerprint density at radius 1 is 1.53 bits per heavy atom. The Kier molecular flexibility index (Phi) is 4.42. The van der Waals surface area contributed by atoms with Crippen LogP contribution in [0.4, 0.5) is 5.69 Å². The molecule has 4 heteroatoms. The van der Waals surface area contributed by atoms with Gasteiger partial charge in [-0.05, 0) is 37.1 Å². The fraction of sp³-hybridized carbons (Fsp3) is 0.538. The Labute approximate surface area is 111 Å². The van der Waals surface area contributed by atoms with Gasteiger partial charge in [-0.3, -0.25) is 0 Å². The van der Waals surface area contributed by atoms with Crippen molar-refractivity contribution in [2.75, 3.05) is 31.1 Å². The molecule has 0 bridgehead atoms. The molecule has 1 atom stereocenters. The van der Waals surface area contributed by atoms with Gasteiger partial charge in [0.2, 0.25) is 0 Å². The van der Waals surface area contributed by atoms with E-state index in [1.807, 2.05) is 0 Å². The summed E-state index contributed by atoms with van der Waals surface area (Å²) >= 11 is 3.53. The second-order valence-corrected chi connectivity index (χ2v) is 5.40. The van der Waals surface area contributed by atoms with Gasteiger partial charge in [0.15, 0.2) is 0 Å². The summed E-state index contributed by atoms with van der Waals surface area (Å²) in [7, 11) is 0. The van der Waals surface area contributed by atoms with Crippen molar-refractivity contribution in [1.29, 1.82) is 0 Å². The van der Waals surface area contributed by atoms with Gasteiger partial charge in [0.25, 0.3) is 0 Å². The predicted octanol–water partition coefficient (Wildman–Crippen LogP) is 1.92. The molecule has 0 aromatic heterocycles. The Morgan fingerprint density at radius 3 is 3.06 bits per heavy atom. The van der Waals surface area contributed by atoms with E-state index in [0.29, 0.717) is 12.6 Å². The molecule has 0 aliphatic carbocycles. The fourth-order valence-electron chi connectivity index (χ4n) is 2.26. The van der Waals surface area contributed by atoms with Gasteiger partial charge >= 0.3 is 0 Å². The molecule has 1 fully saturated rings. The molecule has 3 nitrogen and oxygen atoms in total. The average molecular weight is 299 g/mol. The lowest BCUT2D eigenvalue weighted by Gasteiger charge is -2.19. The van der Waals surface area contributed by atoms with Crippen LogP contribution in [-0.4, -0.2) is 37.4 Å². The lowest BCUT2D eigenvalue weighted by molar-refractivity contribution is 0.286. The van der Waals surface area contributed by atoms with E-state index >= 15 is 0 Å². The van der Waals surface area contributed by atoms with Crippen molar-refractivity contribution in [2.24, 2.45) is 0 Å². The minimum Gasteiger partial charge on any atom is -0.395 e. The molecule has 17 heavy (non-hydrogen) atoms. The number of anilines is 1. The molecule has 2 rings (SSSR count). The monoisotopic (exact) mass is 298 g/mol. The number of nitrogens with one attached hydrogen (secondary N) is 1. The molecular formula is C13H19BrN2O. The number of rotatable bonds is 4. The smallest absolute Gasteiger partial charge is 0.0556 e.